The van der Waals surface area contributed by atoms with Crippen molar-refractivity contribution in [1.29, 1.82) is 0 Å². The van der Waals surface area contributed by atoms with Crippen LogP contribution in [0.3, 0.4) is 0 Å². The molecule has 8 aromatic carbocycles. The molecule has 4 aliphatic carbocycles. The second-order valence-electron chi connectivity index (χ2n) is 17.7. The summed E-state index contributed by atoms with van der Waals surface area (Å²) in [6, 6.07) is 67.5. The van der Waals surface area contributed by atoms with Crippen molar-refractivity contribution in [3.8, 4) is 27.9 Å². The van der Waals surface area contributed by atoms with Gasteiger partial charge in [0.15, 0.2) is 0 Å². The minimum absolute atomic E-state index is 0.584. The van der Waals surface area contributed by atoms with Gasteiger partial charge in [-0.1, -0.05) is 159 Å². The summed E-state index contributed by atoms with van der Waals surface area (Å²) in [5.74, 6) is -1.17. The predicted octanol–water partition coefficient (Wildman–Crippen LogP) is 15.9. The van der Waals surface area contributed by atoms with Gasteiger partial charge >= 0.3 is 0 Å². The van der Waals surface area contributed by atoms with Crippen LogP contribution in [0.15, 0.2) is 182 Å². The van der Waals surface area contributed by atoms with Crippen molar-refractivity contribution in [3.63, 3.8) is 0 Å². The molecule has 1 heterocycles. The van der Waals surface area contributed by atoms with Gasteiger partial charge in [0, 0.05) is 36.1 Å². The van der Waals surface area contributed by atoms with Crippen LogP contribution in [0, 0.1) is 0 Å². The number of rotatable bonds is 6. The minimum Gasteiger partial charge on any atom is -0.310 e. The average Bonchev–Trinajstić information content (AvgIpc) is 4.17. The Hall–Kier alpha value is -6.64. The van der Waals surface area contributed by atoms with Gasteiger partial charge in [0.05, 0.1) is 22.1 Å². The van der Waals surface area contributed by atoms with Gasteiger partial charge in [-0.25, -0.2) is 0 Å². The van der Waals surface area contributed by atoms with Crippen LogP contribution in [-0.2, 0) is 5.41 Å². The molecule has 2 saturated carbocycles. The lowest BCUT2D eigenvalue weighted by atomic mass is 9.69. The zero-order chi connectivity index (χ0) is 41.9. The number of para-hydroxylation sites is 3. The Morgan fingerprint density at radius 2 is 0.984 bits per heavy atom. The quantitative estimate of drug-likeness (QED) is 0.163. The topological polar surface area (TPSA) is 8.17 Å². The maximum absolute atomic E-state index is 9.77. The van der Waals surface area contributed by atoms with Gasteiger partial charge in [-0.3, -0.25) is 0 Å². The molecule has 294 valence electrons. The van der Waals surface area contributed by atoms with E-state index in [1.54, 1.807) is 0 Å². The molecule has 0 amide bonds. The SMILES string of the molecule is [2H]C1(c2ccc3c(c2)C2(c4cc(C5([2H])CCCC5)ccc4-3)c3ccccc3-c3c(N(c4ccccc4)c4cccc(-n5c6ccccc6c6ccccc65)c4)cccc32)CCCC1. The summed E-state index contributed by atoms with van der Waals surface area (Å²) in [6.07, 6.45) is 7.99. The van der Waals surface area contributed by atoms with E-state index in [0.29, 0.717) is 0 Å². The standard InChI is InChI=1S/C59H48N2/c1-2-20-43(21-3-1)60(44-22-14-23-45(38-44)61-55-29-12-9-24-48(55)49-25-10-13-30-56(49)61)57-31-15-28-52-58(57)50-26-8-11-27-51(50)59(52)53-36-41(39-16-4-5-17-39)32-34-46(53)47-35-33-42(37-54(47)59)40-18-6-7-19-40/h1-3,8-15,20-40H,4-7,16-19H2/i39D,40D. The zero-order valence-corrected chi connectivity index (χ0v) is 34.4. The fourth-order valence-electron chi connectivity index (χ4n) is 12.0. The molecule has 0 saturated heterocycles. The lowest BCUT2D eigenvalue weighted by Crippen LogP contribution is -2.26. The molecule has 9 aromatic rings. The van der Waals surface area contributed by atoms with Crippen molar-refractivity contribution in [2.24, 2.45) is 0 Å². The van der Waals surface area contributed by atoms with Crippen LogP contribution in [0.2, 0.25) is 0 Å². The van der Waals surface area contributed by atoms with Gasteiger partial charge in [-0.15, -0.1) is 0 Å². The Kier molecular flexibility index (Phi) is 7.44. The molecule has 0 N–H and O–H groups in total. The van der Waals surface area contributed by atoms with Crippen LogP contribution in [0.25, 0.3) is 49.7 Å². The predicted molar refractivity (Wildman–Crippen MR) is 254 cm³/mol. The molecule has 0 aliphatic heterocycles. The Morgan fingerprint density at radius 1 is 0.443 bits per heavy atom. The molecule has 0 bridgehead atoms. The number of hydrogen-bond donors (Lipinski definition) is 0. The van der Waals surface area contributed by atoms with Gasteiger partial charge in [0.2, 0.25) is 0 Å². The van der Waals surface area contributed by atoms with Crippen LogP contribution in [0.5, 0.6) is 0 Å². The molecule has 1 spiro atoms. The first-order valence-corrected chi connectivity index (χ1v) is 22.4. The molecule has 1 aromatic heterocycles. The number of benzene rings is 8. The summed E-state index contributed by atoms with van der Waals surface area (Å²) in [7, 11) is 0. The van der Waals surface area contributed by atoms with Crippen molar-refractivity contribution in [3.05, 3.63) is 215 Å². The monoisotopic (exact) mass is 786 g/mol. The van der Waals surface area contributed by atoms with E-state index in [1.165, 1.54) is 66.3 Å². The summed E-state index contributed by atoms with van der Waals surface area (Å²) < 4.78 is 22.0. The van der Waals surface area contributed by atoms with E-state index < -0.39 is 17.2 Å². The highest BCUT2D eigenvalue weighted by Gasteiger charge is 2.53. The number of anilines is 3. The summed E-state index contributed by atoms with van der Waals surface area (Å²) in [4.78, 5) is 2.46. The summed E-state index contributed by atoms with van der Waals surface area (Å²) in [5, 5.41) is 2.50. The molecule has 2 heteroatoms. The smallest absolute Gasteiger partial charge is 0.0726 e. The van der Waals surface area contributed by atoms with E-state index in [0.717, 1.165) is 85.2 Å². The Morgan fingerprint density at radius 3 is 1.64 bits per heavy atom. The maximum atomic E-state index is 9.77. The molecule has 61 heavy (non-hydrogen) atoms. The fraction of sp³-hybridized carbons (Fsp3) is 0.186. The second kappa shape index (κ2) is 13.7. The van der Waals surface area contributed by atoms with Gasteiger partial charge < -0.3 is 9.47 Å². The van der Waals surface area contributed by atoms with Crippen molar-refractivity contribution in [2.45, 2.75) is 68.6 Å². The highest BCUT2D eigenvalue weighted by Crippen LogP contribution is 2.65. The number of hydrogen-bond acceptors (Lipinski definition) is 1. The molecule has 0 atom stereocenters. The molecule has 0 unspecified atom stereocenters. The average molecular weight is 787 g/mol. The number of fused-ring (bicyclic) bond motifs is 13. The van der Waals surface area contributed by atoms with Gasteiger partial charge in [-0.05, 0) is 136 Å². The summed E-state index contributed by atoms with van der Waals surface area (Å²) >= 11 is 0. The number of aromatic nitrogens is 1. The van der Waals surface area contributed by atoms with Crippen LogP contribution >= 0.6 is 0 Å². The molecular formula is C59H48N2. The first kappa shape index (κ1) is 33.1. The van der Waals surface area contributed by atoms with Crippen LogP contribution in [0.4, 0.5) is 17.1 Å². The van der Waals surface area contributed by atoms with Crippen LogP contribution in [-0.4, -0.2) is 4.57 Å². The lowest BCUT2D eigenvalue weighted by molar-refractivity contribution is 0.710. The fourth-order valence-corrected chi connectivity index (χ4v) is 12.0. The van der Waals surface area contributed by atoms with E-state index in [9.17, 15) is 2.74 Å². The normalized spacial score (nSPS) is 17.8. The third-order valence-corrected chi connectivity index (χ3v) is 14.6. The highest BCUT2D eigenvalue weighted by atomic mass is 15.1. The number of nitrogens with zero attached hydrogens (tertiary/aromatic N) is 2. The van der Waals surface area contributed by atoms with Gasteiger partial charge in [0.1, 0.15) is 0 Å². The first-order valence-electron chi connectivity index (χ1n) is 23.4. The Balaban J connectivity index is 1.08. The minimum atomic E-state index is -0.615. The summed E-state index contributed by atoms with van der Waals surface area (Å²) in [5.41, 5.74) is 18.5. The Bertz CT molecular complexity index is 3170. The van der Waals surface area contributed by atoms with Crippen molar-refractivity contribution in [1.82, 2.24) is 4.57 Å². The van der Waals surface area contributed by atoms with Crippen molar-refractivity contribution in [2.75, 3.05) is 4.90 Å². The maximum Gasteiger partial charge on any atom is 0.0726 e. The molecule has 4 aliphatic rings. The molecule has 0 radical (unpaired) electrons. The van der Waals surface area contributed by atoms with E-state index in [-0.39, 0.29) is 0 Å². The van der Waals surface area contributed by atoms with Crippen LogP contribution < -0.4 is 4.90 Å². The second-order valence-corrected chi connectivity index (χ2v) is 17.7. The van der Waals surface area contributed by atoms with Crippen molar-refractivity contribution >= 4 is 38.9 Å². The third-order valence-electron chi connectivity index (χ3n) is 14.6. The zero-order valence-electron chi connectivity index (χ0n) is 36.4. The summed E-state index contributed by atoms with van der Waals surface area (Å²) in [6.45, 7) is 0. The van der Waals surface area contributed by atoms with E-state index in [4.69, 9.17) is 0 Å². The first-order chi connectivity index (χ1) is 31.0. The van der Waals surface area contributed by atoms with E-state index in [1.807, 2.05) is 0 Å². The molecular weight excluding hydrogens is 737 g/mol. The van der Waals surface area contributed by atoms with E-state index in [2.05, 4.69) is 191 Å². The van der Waals surface area contributed by atoms with Crippen LogP contribution in [0.1, 0.15) is 99.3 Å². The lowest BCUT2D eigenvalue weighted by Gasteiger charge is -2.32. The molecule has 13 rings (SSSR count). The molecule has 2 nitrogen and oxygen atoms in total. The van der Waals surface area contributed by atoms with E-state index >= 15 is 0 Å². The molecule has 2 fully saturated rings. The Labute approximate surface area is 361 Å². The largest absolute Gasteiger partial charge is 0.310 e. The highest BCUT2D eigenvalue weighted by molar-refractivity contribution is 6.09. The van der Waals surface area contributed by atoms with Gasteiger partial charge in [-0.2, -0.15) is 0 Å². The third kappa shape index (κ3) is 5.09. The van der Waals surface area contributed by atoms with Crippen molar-refractivity contribution < 1.29 is 2.74 Å². The van der Waals surface area contributed by atoms with Gasteiger partial charge in [0.25, 0.3) is 0 Å².